The first-order valence-electron chi connectivity index (χ1n) is 7.04. The van der Waals surface area contributed by atoms with Crippen molar-refractivity contribution < 1.29 is 9.53 Å². The number of nitrogens with one attached hydrogen (secondary N) is 1. The smallest absolute Gasteiger partial charge is 0.154 e. The summed E-state index contributed by atoms with van der Waals surface area (Å²) >= 11 is 0. The van der Waals surface area contributed by atoms with Crippen LogP contribution in [0.3, 0.4) is 0 Å². The van der Waals surface area contributed by atoms with E-state index in [4.69, 9.17) is 4.74 Å². The predicted molar refractivity (Wildman–Crippen MR) is 76.8 cm³/mol. The average molecular weight is 261 g/mol. The van der Waals surface area contributed by atoms with Crippen molar-refractivity contribution in [2.24, 2.45) is 0 Å². The maximum absolute atomic E-state index is 12.2. The van der Waals surface area contributed by atoms with Crippen molar-refractivity contribution in [1.82, 2.24) is 5.32 Å². The van der Waals surface area contributed by atoms with Crippen LogP contribution in [0.25, 0.3) is 0 Å². The van der Waals surface area contributed by atoms with Gasteiger partial charge in [-0.05, 0) is 42.5 Å². The number of hydrogen-bond donors (Lipinski definition) is 1. The molecule has 0 bridgehead atoms. The van der Waals surface area contributed by atoms with E-state index in [2.05, 4.69) is 25.2 Å². The third kappa shape index (κ3) is 3.35. The Kier molecular flexibility index (Phi) is 4.59. The van der Waals surface area contributed by atoms with Crippen LogP contribution in [-0.2, 0) is 11.2 Å². The molecule has 2 rings (SSSR count). The summed E-state index contributed by atoms with van der Waals surface area (Å²) in [6.07, 6.45) is 2.60. The highest BCUT2D eigenvalue weighted by Gasteiger charge is 2.22. The zero-order chi connectivity index (χ0) is 13.8. The van der Waals surface area contributed by atoms with E-state index in [1.54, 1.807) is 7.11 Å². The van der Waals surface area contributed by atoms with Gasteiger partial charge in [0.1, 0.15) is 5.75 Å². The van der Waals surface area contributed by atoms with Crippen LogP contribution in [0.5, 0.6) is 5.75 Å². The lowest BCUT2D eigenvalue weighted by atomic mass is 9.96. The predicted octanol–water partition coefficient (Wildman–Crippen LogP) is 2.68. The maximum atomic E-state index is 12.2. The van der Waals surface area contributed by atoms with Crippen LogP contribution in [0.2, 0.25) is 0 Å². The summed E-state index contributed by atoms with van der Waals surface area (Å²) in [7, 11) is 1.69. The molecule has 1 atom stereocenters. The third-order valence-electron chi connectivity index (χ3n) is 3.74. The Morgan fingerprint density at radius 1 is 1.47 bits per heavy atom. The second-order valence-electron chi connectivity index (χ2n) is 5.52. The van der Waals surface area contributed by atoms with Crippen LogP contribution in [0, 0.1) is 0 Å². The molecule has 1 fully saturated rings. The largest absolute Gasteiger partial charge is 0.496 e. The van der Waals surface area contributed by atoms with Gasteiger partial charge in [-0.3, -0.25) is 4.79 Å². The first kappa shape index (κ1) is 14.1. The second-order valence-corrected chi connectivity index (χ2v) is 5.52. The van der Waals surface area contributed by atoms with Gasteiger partial charge in [-0.25, -0.2) is 0 Å². The summed E-state index contributed by atoms with van der Waals surface area (Å²) in [6.45, 7) is 5.25. The molecule has 1 heterocycles. The number of Topliss-reactive ketones (excluding diaryl/α,β-unsaturated/α-hetero) is 1. The molecule has 1 N–H and O–H groups in total. The summed E-state index contributed by atoms with van der Waals surface area (Å²) in [6, 6.07) is 6.14. The second kappa shape index (κ2) is 6.20. The molecule has 0 aromatic heterocycles. The Bertz CT molecular complexity index is 448. The topological polar surface area (TPSA) is 38.3 Å². The van der Waals surface area contributed by atoms with E-state index in [9.17, 15) is 4.79 Å². The fourth-order valence-corrected chi connectivity index (χ4v) is 2.63. The maximum Gasteiger partial charge on any atom is 0.154 e. The number of ether oxygens (including phenoxy) is 1. The first-order valence-corrected chi connectivity index (χ1v) is 7.04. The molecule has 1 aromatic carbocycles. The van der Waals surface area contributed by atoms with Crippen LogP contribution >= 0.6 is 0 Å². The van der Waals surface area contributed by atoms with Gasteiger partial charge in [0.15, 0.2) is 5.78 Å². The molecule has 0 spiro atoms. The molecule has 3 nitrogen and oxygen atoms in total. The Morgan fingerprint density at radius 2 is 2.26 bits per heavy atom. The quantitative estimate of drug-likeness (QED) is 0.885. The summed E-state index contributed by atoms with van der Waals surface area (Å²) in [4.78, 5) is 12.2. The first-order chi connectivity index (χ1) is 9.11. The van der Waals surface area contributed by atoms with Gasteiger partial charge in [0.05, 0.1) is 13.2 Å². The normalized spacial score (nSPS) is 18.8. The molecule has 3 heteroatoms. The monoisotopic (exact) mass is 261 g/mol. The van der Waals surface area contributed by atoms with Crippen LogP contribution < -0.4 is 10.1 Å². The zero-order valence-corrected chi connectivity index (χ0v) is 12.0. The van der Waals surface area contributed by atoms with Crippen LogP contribution in [-0.4, -0.2) is 25.5 Å². The van der Waals surface area contributed by atoms with Crippen molar-refractivity contribution in [3.8, 4) is 5.75 Å². The standard InChI is InChI=1S/C16H23NO2/c1-11(2)13-9-12(6-7-16(13)19-3)10-15(18)14-5-4-8-17-14/h6-7,9,11,14,17H,4-5,8,10H2,1-3H3. The van der Waals surface area contributed by atoms with E-state index in [0.29, 0.717) is 18.1 Å². The Balaban J connectivity index is 2.12. The SMILES string of the molecule is COc1ccc(CC(=O)C2CCCN2)cc1C(C)C. The Hall–Kier alpha value is -1.35. The summed E-state index contributed by atoms with van der Waals surface area (Å²) < 4.78 is 5.37. The van der Waals surface area contributed by atoms with Gasteiger partial charge in [-0.2, -0.15) is 0 Å². The number of carbonyl (C=O) groups is 1. The lowest BCUT2D eigenvalue weighted by molar-refractivity contribution is -0.120. The van der Waals surface area contributed by atoms with Gasteiger partial charge >= 0.3 is 0 Å². The van der Waals surface area contributed by atoms with Gasteiger partial charge in [0, 0.05) is 6.42 Å². The van der Waals surface area contributed by atoms with Crippen molar-refractivity contribution in [3.05, 3.63) is 29.3 Å². The molecule has 0 saturated carbocycles. The molecule has 104 valence electrons. The number of carbonyl (C=O) groups excluding carboxylic acids is 1. The zero-order valence-electron chi connectivity index (χ0n) is 12.0. The van der Waals surface area contributed by atoms with Crippen molar-refractivity contribution in [2.75, 3.05) is 13.7 Å². The van der Waals surface area contributed by atoms with Crippen molar-refractivity contribution in [1.29, 1.82) is 0 Å². The summed E-state index contributed by atoms with van der Waals surface area (Å²) in [5.41, 5.74) is 2.26. The fraction of sp³-hybridized carbons (Fsp3) is 0.562. The minimum absolute atomic E-state index is 0.0598. The molecule has 0 amide bonds. The number of rotatable bonds is 5. The van der Waals surface area contributed by atoms with Crippen LogP contribution in [0.1, 0.15) is 43.7 Å². The lowest BCUT2D eigenvalue weighted by Gasteiger charge is -2.14. The molecule has 0 radical (unpaired) electrons. The van der Waals surface area contributed by atoms with Gasteiger partial charge in [0.2, 0.25) is 0 Å². The highest BCUT2D eigenvalue weighted by Crippen LogP contribution is 2.27. The fourth-order valence-electron chi connectivity index (χ4n) is 2.63. The molecule has 1 aliphatic heterocycles. The molecule has 1 saturated heterocycles. The number of benzene rings is 1. The molecule has 1 aliphatic rings. The average Bonchev–Trinajstić information content (AvgIpc) is 2.92. The van der Waals surface area contributed by atoms with E-state index >= 15 is 0 Å². The van der Waals surface area contributed by atoms with Gasteiger partial charge in [0.25, 0.3) is 0 Å². The minimum Gasteiger partial charge on any atom is -0.496 e. The number of ketones is 1. The van der Waals surface area contributed by atoms with Crippen LogP contribution in [0.4, 0.5) is 0 Å². The highest BCUT2D eigenvalue weighted by molar-refractivity contribution is 5.86. The lowest BCUT2D eigenvalue weighted by Crippen LogP contribution is -2.31. The van der Waals surface area contributed by atoms with Crippen LogP contribution in [0.15, 0.2) is 18.2 Å². The van der Waals surface area contributed by atoms with E-state index in [-0.39, 0.29) is 6.04 Å². The van der Waals surface area contributed by atoms with Gasteiger partial charge < -0.3 is 10.1 Å². The summed E-state index contributed by atoms with van der Waals surface area (Å²) in [5, 5.41) is 3.26. The third-order valence-corrected chi connectivity index (χ3v) is 3.74. The van der Waals surface area contributed by atoms with Crippen molar-refractivity contribution in [3.63, 3.8) is 0 Å². The molecule has 19 heavy (non-hydrogen) atoms. The van der Waals surface area contributed by atoms with Gasteiger partial charge in [-0.15, -0.1) is 0 Å². The van der Waals surface area contributed by atoms with E-state index < -0.39 is 0 Å². The molecular formula is C16H23NO2. The van der Waals surface area contributed by atoms with Crippen molar-refractivity contribution >= 4 is 5.78 Å². The molecular weight excluding hydrogens is 238 g/mol. The van der Waals surface area contributed by atoms with Gasteiger partial charge in [-0.1, -0.05) is 26.0 Å². The number of methoxy groups -OCH3 is 1. The van der Waals surface area contributed by atoms with E-state index in [1.165, 1.54) is 5.56 Å². The number of hydrogen-bond acceptors (Lipinski definition) is 3. The molecule has 0 aliphatic carbocycles. The minimum atomic E-state index is 0.0598. The van der Waals surface area contributed by atoms with E-state index in [1.807, 2.05) is 12.1 Å². The van der Waals surface area contributed by atoms with Crippen molar-refractivity contribution in [2.45, 2.75) is 45.1 Å². The molecule has 1 unspecified atom stereocenters. The van der Waals surface area contributed by atoms with E-state index in [0.717, 1.165) is 30.7 Å². The molecule has 1 aromatic rings. The summed E-state index contributed by atoms with van der Waals surface area (Å²) in [5.74, 6) is 1.61. The Morgan fingerprint density at radius 3 is 2.84 bits per heavy atom. The highest BCUT2D eigenvalue weighted by atomic mass is 16.5. The Labute approximate surface area is 115 Å².